The van der Waals surface area contributed by atoms with E-state index in [2.05, 4.69) is 22.1 Å². The van der Waals surface area contributed by atoms with Crippen LogP contribution in [0.1, 0.15) is 21.5 Å². The smallest absolute Gasteiger partial charge is 0.322 e. The highest BCUT2D eigenvalue weighted by molar-refractivity contribution is 5.98. The van der Waals surface area contributed by atoms with Gasteiger partial charge in [0.2, 0.25) is 12.4 Å². The molecule has 148 valence electrons. The molecule has 8 nitrogen and oxygen atoms in total. The molecule has 1 atom stereocenters. The number of methoxy groups -OCH3 is 1. The molecular formula is C20H17FN4O4. The lowest BCUT2D eigenvalue weighted by Gasteiger charge is -2.21. The average Bonchev–Trinajstić information content (AvgIpc) is 3.02. The van der Waals surface area contributed by atoms with Crippen molar-refractivity contribution in [3.63, 3.8) is 0 Å². The van der Waals surface area contributed by atoms with Crippen molar-refractivity contribution in [2.45, 2.75) is 12.6 Å². The lowest BCUT2D eigenvalue weighted by Crippen LogP contribution is -2.46. The van der Waals surface area contributed by atoms with Gasteiger partial charge in [-0.05, 0) is 29.8 Å². The van der Waals surface area contributed by atoms with E-state index in [9.17, 15) is 18.8 Å². The molecule has 0 radical (unpaired) electrons. The fourth-order valence-electron chi connectivity index (χ4n) is 2.84. The second kappa shape index (κ2) is 8.84. The Labute approximate surface area is 166 Å². The van der Waals surface area contributed by atoms with Gasteiger partial charge in [0.15, 0.2) is 0 Å². The average molecular weight is 396 g/mol. The molecule has 1 aromatic heterocycles. The third-order valence-corrected chi connectivity index (χ3v) is 4.21. The van der Waals surface area contributed by atoms with Gasteiger partial charge in [-0.15, -0.1) is 0 Å². The van der Waals surface area contributed by atoms with Crippen LogP contribution >= 0.6 is 0 Å². The van der Waals surface area contributed by atoms with Gasteiger partial charge >= 0.3 is 6.03 Å². The normalized spacial score (nSPS) is 13.0. The Hall–Kier alpha value is -3.93. The lowest BCUT2D eigenvalue weighted by molar-refractivity contribution is -0.108. The molecule has 0 bridgehead atoms. The van der Waals surface area contributed by atoms with Crippen molar-refractivity contribution in [3.8, 4) is 17.6 Å². The van der Waals surface area contributed by atoms with Gasteiger partial charge in [-0.25, -0.2) is 9.78 Å². The summed E-state index contributed by atoms with van der Waals surface area (Å²) in [4.78, 5) is 40.0. The molecular weight excluding hydrogens is 379 g/mol. The van der Waals surface area contributed by atoms with Gasteiger partial charge in [0.25, 0.3) is 5.91 Å². The van der Waals surface area contributed by atoms with Gasteiger partial charge in [0.05, 0.1) is 13.7 Å². The van der Waals surface area contributed by atoms with Crippen LogP contribution in [0.2, 0.25) is 0 Å². The Morgan fingerprint density at radius 1 is 1.41 bits per heavy atom. The summed E-state index contributed by atoms with van der Waals surface area (Å²) in [5.74, 6) is 5.33. The number of carbonyl (C=O) groups excluding carboxylic acids is 3. The molecule has 1 aliphatic rings. The first-order valence-electron chi connectivity index (χ1n) is 8.60. The van der Waals surface area contributed by atoms with E-state index in [4.69, 9.17) is 4.74 Å². The van der Waals surface area contributed by atoms with Crippen LogP contribution in [0.15, 0.2) is 36.5 Å². The Balaban J connectivity index is 1.78. The third-order valence-electron chi connectivity index (χ3n) is 4.21. The molecule has 0 aliphatic carbocycles. The predicted molar refractivity (Wildman–Crippen MR) is 100 cm³/mol. The number of amides is 4. The number of benzene rings is 1. The van der Waals surface area contributed by atoms with E-state index in [0.717, 1.165) is 5.56 Å². The van der Waals surface area contributed by atoms with E-state index >= 15 is 0 Å². The van der Waals surface area contributed by atoms with E-state index in [1.807, 2.05) is 11.4 Å². The van der Waals surface area contributed by atoms with E-state index in [1.54, 1.807) is 12.1 Å². The van der Waals surface area contributed by atoms with Crippen LogP contribution in [0.4, 0.5) is 9.18 Å². The SMILES string of the molecule is COc1ccc2c(c1)C(=O)N(C[C@@H](C#Cc1ccc(F)nc1)NC(=O)NC=O)C2. The molecule has 4 amide bonds. The van der Waals surface area contributed by atoms with Crippen LogP contribution in [-0.2, 0) is 11.3 Å². The number of urea groups is 1. The quantitative estimate of drug-likeness (QED) is 0.447. The van der Waals surface area contributed by atoms with Gasteiger partial charge in [-0.1, -0.05) is 17.9 Å². The maximum atomic E-state index is 12.9. The largest absolute Gasteiger partial charge is 0.497 e. The molecule has 0 unspecified atom stereocenters. The summed E-state index contributed by atoms with van der Waals surface area (Å²) in [5, 5.41) is 4.50. The van der Waals surface area contributed by atoms with Crippen LogP contribution in [0.3, 0.4) is 0 Å². The molecule has 0 saturated heterocycles. The monoisotopic (exact) mass is 396 g/mol. The minimum Gasteiger partial charge on any atom is -0.497 e. The third kappa shape index (κ3) is 4.87. The number of ether oxygens (including phenoxy) is 1. The maximum absolute atomic E-state index is 12.9. The highest BCUT2D eigenvalue weighted by atomic mass is 19.1. The second-order valence-electron chi connectivity index (χ2n) is 6.14. The minimum atomic E-state index is -0.778. The number of carbonyl (C=O) groups is 3. The number of hydrogen-bond acceptors (Lipinski definition) is 5. The summed E-state index contributed by atoms with van der Waals surface area (Å²) in [7, 11) is 1.52. The zero-order valence-corrected chi connectivity index (χ0v) is 15.4. The predicted octanol–water partition coefficient (Wildman–Crippen LogP) is 1.06. The number of nitrogens with zero attached hydrogens (tertiary/aromatic N) is 2. The first-order chi connectivity index (χ1) is 14.0. The molecule has 1 aromatic carbocycles. The summed E-state index contributed by atoms with van der Waals surface area (Å²) in [5.41, 5.74) is 1.80. The van der Waals surface area contributed by atoms with Crippen LogP contribution in [0.25, 0.3) is 0 Å². The maximum Gasteiger partial charge on any atom is 0.322 e. The Kier molecular flexibility index (Phi) is 6.04. The van der Waals surface area contributed by atoms with Crippen molar-refractivity contribution in [2.75, 3.05) is 13.7 Å². The van der Waals surface area contributed by atoms with Crippen LogP contribution < -0.4 is 15.4 Å². The van der Waals surface area contributed by atoms with Gasteiger partial charge in [0, 0.05) is 23.9 Å². The first kappa shape index (κ1) is 19.8. The van der Waals surface area contributed by atoms with Crippen molar-refractivity contribution in [1.29, 1.82) is 0 Å². The number of imide groups is 1. The van der Waals surface area contributed by atoms with Gasteiger partial charge in [0.1, 0.15) is 11.8 Å². The van der Waals surface area contributed by atoms with Gasteiger partial charge < -0.3 is 15.0 Å². The van der Waals surface area contributed by atoms with E-state index in [0.29, 0.717) is 23.4 Å². The Morgan fingerprint density at radius 2 is 2.24 bits per heavy atom. The number of hydrogen-bond donors (Lipinski definition) is 2. The molecule has 0 saturated carbocycles. The van der Waals surface area contributed by atoms with Crippen molar-refractivity contribution >= 4 is 18.3 Å². The molecule has 2 heterocycles. The van der Waals surface area contributed by atoms with Gasteiger partial charge in [-0.3, -0.25) is 14.9 Å². The van der Waals surface area contributed by atoms with Gasteiger partial charge in [-0.2, -0.15) is 4.39 Å². The molecule has 0 fully saturated rings. The van der Waals surface area contributed by atoms with Crippen LogP contribution in [-0.4, -0.2) is 47.9 Å². The zero-order valence-electron chi connectivity index (χ0n) is 15.4. The second-order valence-corrected chi connectivity index (χ2v) is 6.14. The zero-order chi connectivity index (χ0) is 20.8. The summed E-state index contributed by atoms with van der Waals surface area (Å²) in [6, 6.07) is 6.33. The van der Waals surface area contributed by atoms with Crippen LogP contribution in [0.5, 0.6) is 5.75 Å². The number of fused-ring (bicyclic) bond motifs is 1. The minimum absolute atomic E-state index is 0.0870. The summed E-state index contributed by atoms with van der Waals surface area (Å²) < 4.78 is 18.1. The number of pyridine rings is 1. The molecule has 2 N–H and O–H groups in total. The Morgan fingerprint density at radius 3 is 2.93 bits per heavy atom. The standard InChI is InChI=1S/C20H17FN4O4/c1-29-16-6-4-14-10-25(19(27)17(14)8-16)11-15(24-20(28)23-12-26)5-2-13-3-7-18(21)22-9-13/h3-4,6-9,12,15H,10-11H2,1H3,(H2,23,24,26,28)/t15-/m1/s1. The number of nitrogens with one attached hydrogen (secondary N) is 2. The summed E-state index contributed by atoms with van der Waals surface area (Å²) >= 11 is 0. The van der Waals surface area contributed by atoms with Crippen molar-refractivity contribution in [1.82, 2.24) is 20.5 Å². The van der Waals surface area contributed by atoms with E-state index in [1.165, 1.54) is 30.3 Å². The van der Waals surface area contributed by atoms with Crippen LogP contribution in [0, 0.1) is 17.8 Å². The molecule has 0 spiro atoms. The van der Waals surface area contributed by atoms with Crippen molar-refractivity contribution in [3.05, 3.63) is 59.2 Å². The molecule has 9 heteroatoms. The topological polar surface area (TPSA) is 101 Å². The van der Waals surface area contributed by atoms with Crippen molar-refractivity contribution < 1.29 is 23.5 Å². The fraction of sp³-hybridized carbons (Fsp3) is 0.200. The summed E-state index contributed by atoms with van der Waals surface area (Å²) in [6.45, 7) is 0.440. The lowest BCUT2D eigenvalue weighted by atomic mass is 10.1. The Bertz CT molecular complexity index is 998. The molecule has 2 aromatic rings. The molecule has 3 rings (SSSR count). The fourth-order valence-corrected chi connectivity index (χ4v) is 2.84. The highest BCUT2D eigenvalue weighted by Gasteiger charge is 2.29. The number of aromatic nitrogens is 1. The molecule has 29 heavy (non-hydrogen) atoms. The van der Waals surface area contributed by atoms with E-state index < -0.39 is 18.0 Å². The van der Waals surface area contributed by atoms with E-state index in [-0.39, 0.29) is 18.9 Å². The van der Waals surface area contributed by atoms with Crippen molar-refractivity contribution in [2.24, 2.45) is 0 Å². The summed E-state index contributed by atoms with van der Waals surface area (Å²) in [6.07, 6.45) is 1.50. The number of rotatable bonds is 5. The first-order valence-corrected chi connectivity index (χ1v) is 8.60. The number of halogens is 1. The highest BCUT2D eigenvalue weighted by Crippen LogP contribution is 2.26. The molecule has 1 aliphatic heterocycles.